The van der Waals surface area contributed by atoms with Crippen molar-refractivity contribution in [2.75, 3.05) is 39.8 Å². The van der Waals surface area contributed by atoms with Crippen LogP contribution in [0.3, 0.4) is 0 Å². The smallest absolute Gasteiger partial charge is 0.251 e. The molecule has 0 radical (unpaired) electrons. The number of amides is 2. The second-order valence-electron chi connectivity index (χ2n) is 6.31. The molecule has 24 heavy (non-hydrogen) atoms. The van der Waals surface area contributed by atoms with Crippen molar-refractivity contribution < 1.29 is 14.3 Å². The van der Waals surface area contributed by atoms with E-state index in [9.17, 15) is 9.59 Å². The Morgan fingerprint density at radius 2 is 2.08 bits per heavy atom. The Morgan fingerprint density at radius 1 is 1.33 bits per heavy atom. The molecular weight excluding hydrogens is 306 g/mol. The van der Waals surface area contributed by atoms with Gasteiger partial charge in [0.25, 0.3) is 5.91 Å². The van der Waals surface area contributed by atoms with E-state index in [0.717, 1.165) is 44.4 Å². The van der Waals surface area contributed by atoms with Crippen LogP contribution in [-0.4, -0.2) is 57.1 Å². The van der Waals surface area contributed by atoms with E-state index in [-0.39, 0.29) is 5.91 Å². The Balaban J connectivity index is 1.75. The summed E-state index contributed by atoms with van der Waals surface area (Å²) in [7, 11) is 1.61. The number of rotatable bonds is 8. The molecule has 132 valence electrons. The minimum Gasteiger partial charge on any atom is -0.497 e. The molecule has 0 atom stereocenters. The monoisotopic (exact) mass is 333 g/mol. The summed E-state index contributed by atoms with van der Waals surface area (Å²) < 4.78 is 5.22. The molecular formula is C18H27N3O3. The minimum absolute atomic E-state index is 0.0467. The number of carbonyl (C=O) groups is 2. The van der Waals surface area contributed by atoms with Gasteiger partial charge in [-0.3, -0.25) is 9.59 Å². The number of benzene rings is 1. The molecule has 2 amide bonds. The quantitative estimate of drug-likeness (QED) is 0.554. The van der Waals surface area contributed by atoms with Crippen LogP contribution in [0.2, 0.25) is 0 Å². The van der Waals surface area contributed by atoms with Crippen LogP contribution in [0.1, 0.15) is 28.8 Å². The Morgan fingerprint density at radius 3 is 2.75 bits per heavy atom. The van der Waals surface area contributed by atoms with Gasteiger partial charge in [0.15, 0.2) is 0 Å². The zero-order chi connectivity index (χ0) is 17.4. The van der Waals surface area contributed by atoms with E-state index in [1.54, 1.807) is 13.2 Å². The van der Waals surface area contributed by atoms with Crippen molar-refractivity contribution >= 4 is 12.3 Å². The van der Waals surface area contributed by atoms with Gasteiger partial charge in [0, 0.05) is 25.2 Å². The molecule has 0 unspecified atom stereocenters. The van der Waals surface area contributed by atoms with Crippen LogP contribution in [0, 0.1) is 12.8 Å². The van der Waals surface area contributed by atoms with Crippen LogP contribution in [-0.2, 0) is 4.79 Å². The highest BCUT2D eigenvalue weighted by molar-refractivity contribution is 5.94. The van der Waals surface area contributed by atoms with Gasteiger partial charge in [-0.05, 0) is 62.5 Å². The molecule has 1 aliphatic heterocycles. The lowest BCUT2D eigenvalue weighted by molar-refractivity contribution is -0.109. The Bertz CT molecular complexity index is 554. The lowest BCUT2D eigenvalue weighted by Gasteiger charge is -2.31. The molecule has 0 aromatic heterocycles. The highest BCUT2D eigenvalue weighted by Gasteiger charge is 2.19. The summed E-state index contributed by atoms with van der Waals surface area (Å²) in [6.45, 7) is 6.27. The van der Waals surface area contributed by atoms with Crippen LogP contribution in [0.4, 0.5) is 0 Å². The van der Waals surface area contributed by atoms with Gasteiger partial charge >= 0.3 is 0 Å². The van der Waals surface area contributed by atoms with Crippen LogP contribution in [0.15, 0.2) is 18.2 Å². The average molecular weight is 333 g/mol. The third kappa shape index (κ3) is 5.53. The lowest BCUT2D eigenvalue weighted by Crippen LogP contribution is -2.41. The first-order chi connectivity index (χ1) is 11.6. The number of nitrogens with zero attached hydrogens (tertiary/aromatic N) is 1. The van der Waals surface area contributed by atoms with E-state index in [1.807, 2.05) is 19.1 Å². The van der Waals surface area contributed by atoms with Gasteiger partial charge in [-0.15, -0.1) is 0 Å². The predicted octanol–water partition coefficient (Wildman–Crippen LogP) is 1.19. The molecule has 6 nitrogen and oxygen atoms in total. The van der Waals surface area contributed by atoms with Crippen molar-refractivity contribution in [3.8, 4) is 5.75 Å². The van der Waals surface area contributed by atoms with E-state index in [2.05, 4.69) is 15.5 Å². The van der Waals surface area contributed by atoms with Gasteiger partial charge in [0.2, 0.25) is 6.41 Å². The van der Waals surface area contributed by atoms with Crippen molar-refractivity contribution in [1.82, 2.24) is 15.5 Å². The highest BCUT2D eigenvalue weighted by Crippen LogP contribution is 2.18. The Hall–Kier alpha value is -2.08. The van der Waals surface area contributed by atoms with Crippen molar-refractivity contribution in [2.24, 2.45) is 5.92 Å². The maximum atomic E-state index is 12.3. The molecule has 0 spiro atoms. The molecule has 6 heteroatoms. The lowest BCUT2D eigenvalue weighted by atomic mass is 9.96. The number of piperidine rings is 1. The topological polar surface area (TPSA) is 70.7 Å². The van der Waals surface area contributed by atoms with Crippen LogP contribution in [0.5, 0.6) is 5.75 Å². The number of carbonyl (C=O) groups excluding carboxylic acids is 2. The third-order valence-electron chi connectivity index (χ3n) is 4.46. The molecule has 1 saturated heterocycles. The number of methoxy groups -OCH3 is 1. The van der Waals surface area contributed by atoms with Crippen LogP contribution >= 0.6 is 0 Å². The fourth-order valence-electron chi connectivity index (χ4n) is 3.03. The van der Waals surface area contributed by atoms with E-state index < -0.39 is 0 Å². The number of ether oxygens (including phenoxy) is 1. The Labute approximate surface area is 143 Å². The number of likely N-dealkylation sites (tertiary alicyclic amines) is 1. The third-order valence-corrected chi connectivity index (χ3v) is 4.46. The maximum absolute atomic E-state index is 12.3. The van der Waals surface area contributed by atoms with Gasteiger partial charge in [-0.2, -0.15) is 0 Å². The fourth-order valence-corrected chi connectivity index (χ4v) is 3.03. The van der Waals surface area contributed by atoms with Gasteiger partial charge in [-0.1, -0.05) is 0 Å². The first-order valence-corrected chi connectivity index (χ1v) is 8.45. The summed E-state index contributed by atoms with van der Waals surface area (Å²) >= 11 is 0. The second kappa shape index (κ2) is 9.27. The number of hydrogen-bond donors (Lipinski definition) is 2. The molecule has 1 aromatic rings. The molecule has 1 heterocycles. The number of hydrogen-bond acceptors (Lipinski definition) is 4. The van der Waals surface area contributed by atoms with Gasteiger partial charge < -0.3 is 20.3 Å². The summed E-state index contributed by atoms with van der Waals surface area (Å²) in [5.74, 6) is 1.17. The maximum Gasteiger partial charge on any atom is 0.251 e. The van der Waals surface area contributed by atoms with E-state index in [4.69, 9.17) is 4.74 Å². The zero-order valence-electron chi connectivity index (χ0n) is 14.5. The molecule has 2 rings (SSSR count). The molecule has 0 bridgehead atoms. The summed E-state index contributed by atoms with van der Waals surface area (Å²) in [6.07, 6.45) is 2.87. The summed E-state index contributed by atoms with van der Waals surface area (Å²) in [4.78, 5) is 24.9. The van der Waals surface area contributed by atoms with Crippen LogP contribution in [0.25, 0.3) is 0 Å². The normalized spacial score (nSPS) is 15.8. The summed E-state index contributed by atoms with van der Waals surface area (Å²) in [5.41, 5.74) is 1.65. The van der Waals surface area contributed by atoms with Crippen molar-refractivity contribution in [3.63, 3.8) is 0 Å². The molecule has 1 fully saturated rings. The standard InChI is InChI=1S/C18H27N3O3/c1-14-9-16(11-17(10-14)24-2)18(23)20-12-15-3-6-21(7-4-15)8-5-19-13-22/h9-11,13,15H,3-8,12H2,1-2H3,(H,19,22)(H,20,23). The molecule has 1 aliphatic rings. The van der Waals surface area contributed by atoms with Crippen molar-refractivity contribution in [3.05, 3.63) is 29.3 Å². The van der Waals surface area contributed by atoms with Crippen LogP contribution < -0.4 is 15.4 Å². The number of aryl methyl sites for hydroxylation is 1. The fraction of sp³-hybridized carbons (Fsp3) is 0.556. The van der Waals surface area contributed by atoms with Gasteiger partial charge in [0.1, 0.15) is 5.75 Å². The van der Waals surface area contributed by atoms with Crippen molar-refractivity contribution in [1.29, 1.82) is 0 Å². The van der Waals surface area contributed by atoms with Gasteiger partial charge in [-0.25, -0.2) is 0 Å². The minimum atomic E-state index is -0.0467. The molecule has 1 aromatic carbocycles. The predicted molar refractivity (Wildman–Crippen MR) is 93.3 cm³/mol. The van der Waals surface area contributed by atoms with E-state index in [1.165, 1.54) is 0 Å². The molecule has 0 aliphatic carbocycles. The first kappa shape index (κ1) is 18.3. The molecule has 0 saturated carbocycles. The van der Waals surface area contributed by atoms with E-state index >= 15 is 0 Å². The molecule has 2 N–H and O–H groups in total. The van der Waals surface area contributed by atoms with Crippen molar-refractivity contribution in [2.45, 2.75) is 19.8 Å². The highest BCUT2D eigenvalue weighted by atomic mass is 16.5. The van der Waals surface area contributed by atoms with E-state index in [0.29, 0.717) is 30.3 Å². The SMILES string of the molecule is COc1cc(C)cc(C(=O)NCC2CCN(CCNC=O)CC2)c1. The Kier molecular flexibility index (Phi) is 7.06. The van der Waals surface area contributed by atoms with Gasteiger partial charge in [0.05, 0.1) is 7.11 Å². The first-order valence-electron chi connectivity index (χ1n) is 8.45. The second-order valence-corrected chi connectivity index (χ2v) is 6.31. The number of nitrogens with one attached hydrogen (secondary N) is 2. The summed E-state index contributed by atoms with van der Waals surface area (Å²) in [6, 6.07) is 5.55. The average Bonchev–Trinajstić information content (AvgIpc) is 2.60. The summed E-state index contributed by atoms with van der Waals surface area (Å²) in [5, 5.41) is 5.73. The largest absolute Gasteiger partial charge is 0.497 e. The zero-order valence-corrected chi connectivity index (χ0v) is 14.5.